The molecule has 3 aromatic rings. The highest BCUT2D eigenvalue weighted by atomic mass is 127. The van der Waals surface area contributed by atoms with Gasteiger partial charge in [0.25, 0.3) is 5.91 Å². The second-order valence-electron chi connectivity index (χ2n) is 6.46. The number of ether oxygens (including phenoxy) is 3. The first-order valence-corrected chi connectivity index (χ1v) is 10.8. The van der Waals surface area contributed by atoms with Crippen LogP contribution in [0.1, 0.15) is 21.5 Å². The highest BCUT2D eigenvalue weighted by Gasteiger charge is 2.13. The van der Waals surface area contributed by atoms with Crippen LogP contribution in [0.15, 0.2) is 59.7 Å². The van der Waals surface area contributed by atoms with Gasteiger partial charge in [-0.15, -0.1) is 0 Å². The number of amides is 1. The first-order valence-electron chi connectivity index (χ1n) is 9.33. The summed E-state index contributed by atoms with van der Waals surface area (Å²) >= 11 is 8.46. The van der Waals surface area contributed by atoms with Gasteiger partial charge in [0, 0.05) is 11.1 Å². The molecule has 0 aromatic heterocycles. The van der Waals surface area contributed by atoms with Crippen LogP contribution in [0, 0.1) is 9.39 Å². The zero-order chi connectivity index (χ0) is 23.1. The van der Waals surface area contributed by atoms with Gasteiger partial charge in [-0.25, -0.2) is 9.82 Å². The fourth-order valence-electron chi connectivity index (χ4n) is 2.75. The fourth-order valence-corrected chi connectivity index (χ4v) is 3.58. The van der Waals surface area contributed by atoms with Crippen molar-refractivity contribution in [1.29, 1.82) is 0 Å². The lowest BCUT2D eigenvalue weighted by Crippen LogP contribution is -2.17. The highest BCUT2D eigenvalue weighted by Crippen LogP contribution is 2.36. The second kappa shape index (κ2) is 11.1. The molecule has 0 unspecified atom stereocenters. The van der Waals surface area contributed by atoms with Crippen molar-refractivity contribution >= 4 is 46.3 Å². The number of hydrogen-bond donors (Lipinski definition) is 1. The largest absolute Gasteiger partial charge is 0.496 e. The number of nitrogens with zero attached hydrogens (tertiary/aromatic N) is 1. The molecule has 1 amide bonds. The topological polar surface area (TPSA) is 69.2 Å². The van der Waals surface area contributed by atoms with Gasteiger partial charge in [-0.05, 0) is 64.6 Å². The Labute approximate surface area is 203 Å². The standard InChI is InChI=1S/C23H19ClFIN2O4/c1-30-20-11-15(7-8-19(20)26)23(29)28-27-12-14-9-17(24)22(21(10-14)31-2)32-13-16-5-3-4-6-18(16)25/h3-12H,13H2,1-2H3,(H,28,29)/b27-12-. The van der Waals surface area contributed by atoms with E-state index in [0.717, 1.165) is 3.57 Å². The lowest BCUT2D eigenvalue weighted by Gasteiger charge is -2.13. The Kier molecular flexibility index (Phi) is 8.29. The van der Waals surface area contributed by atoms with Gasteiger partial charge in [-0.3, -0.25) is 4.79 Å². The number of halogens is 3. The molecule has 3 aromatic carbocycles. The van der Waals surface area contributed by atoms with Crippen LogP contribution in [0.2, 0.25) is 5.02 Å². The van der Waals surface area contributed by atoms with Gasteiger partial charge in [0.15, 0.2) is 11.5 Å². The third-order valence-corrected chi connectivity index (χ3v) is 5.55. The number of nitrogens with one attached hydrogen (secondary N) is 1. The summed E-state index contributed by atoms with van der Waals surface area (Å²) in [5.41, 5.74) is 3.84. The van der Waals surface area contributed by atoms with Crippen LogP contribution in [0.5, 0.6) is 17.2 Å². The van der Waals surface area contributed by atoms with E-state index < -0.39 is 0 Å². The van der Waals surface area contributed by atoms with Crippen molar-refractivity contribution in [3.05, 3.63) is 85.7 Å². The molecule has 0 aliphatic carbocycles. The van der Waals surface area contributed by atoms with Crippen LogP contribution >= 0.6 is 34.2 Å². The molecule has 9 heteroatoms. The molecule has 166 valence electrons. The number of carbonyl (C=O) groups excluding carboxylic acids is 1. The van der Waals surface area contributed by atoms with Crippen molar-refractivity contribution in [3.8, 4) is 17.2 Å². The Morgan fingerprint density at radius 2 is 1.88 bits per heavy atom. The summed E-state index contributed by atoms with van der Waals surface area (Å²) < 4.78 is 31.0. The van der Waals surface area contributed by atoms with Gasteiger partial charge in [0.2, 0.25) is 0 Å². The molecule has 1 N–H and O–H groups in total. The van der Waals surface area contributed by atoms with E-state index in [1.165, 1.54) is 26.5 Å². The SMILES string of the molecule is COc1cc(C(=O)N/N=C\c2cc(Cl)c(OCc3ccccc3F)c(OC)c2)ccc1I. The number of rotatable bonds is 8. The Hall–Kier alpha value is -2.85. The minimum atomic E-state index is -0.390. The smallest absolute Gasteiger partial charge is 0.271 e. The van der Waals surface area contributed by atoms with E-state index in [9.17, 15) is 9.18 Å². The number of benzene rings is 3. The molecule has 0 fully saturated rings. The van der Waals surface area contributed by atoms with Crippen LogP contribution in [0.3, 0.4) is 0 Å². The molecule has 0 heterocycles. The molecule has 0 saturated carbocycles. The first-order chi connectivity index (χ1) is 15.4. The monoisotopic (exact) mass is 568 g/mol. The molecule has 0 aliphatic heterocycles. The molecular weight excluding hydrogens is 550 g/mol. The minimum absolute atomic E-state index is 0.00821. The van der Waals surface area contributed by atoms with Gasteiger partial charge in [-0.2, -0.15) is 5.10 Å². The van der Waals surface area contributed by atoms with E-state index in [2.05, 4.69) is 33.1 Å². The molecule has 0 saturated heterocycles. The van der Waals surface area contributed by atoms with Crippen LogP contribution in [0.25, 0.3) is 0 Å². The average molecular weight is 569 g/mol. The normalized spacial score (nSPS) is 10.8. The molecule has 0 bridgehead atoms. The third-order valence-electron chi connectivity index (χ3n) is 4.37. The van der Waals surface area contributed by atoms with Crippen molar-refractivity contribution in [2.24, 2.45) is 5.10 Å². The molecule has 0 radical (unpaired) electrons. The predicted octanol–water partition coefficient (Wildman–Crippen LogP) is 5.44. The Morgan fingerprint density at radius 3 is 2.59 bits per heavy atom. The third kappa shape index (κ3) is 5.89. The summed E-state index contributed by atoms with van der Waals surface area (Å²) in [6.07, 6.45) is 1.43. The summed E-state index contributed by atoms with van der Waals surface area (Å²) in [5, 5.41) is 4.24. The summed E-state index contributed by atoms with van der Waals surface area (Å²) in [4.78, 5) is 12.3. The summed E-state index contributed by atoms with van der Waals surface area (Å²) in [7, 11) is 3.01. The molecule has 0 atom stereocenters. The fraction of sp³-hybridized carbons (Fsp3) is 0.130. The quantitative estimate of drug-likeness (QED) is 0.223. The van der Waals surface area contributed by atoms with Gasteiger partial charge in [0.1, 0.15) is 18.2 Å². The van der Waals surface area contributed by atoms with E-state index in [0.29, 0.717) is 28.2 Å². The maximum Gasteiger partial charge on any atom is 0.271 e. The number of methoxy groups -OCH3 is 2. The summed E-state index contributed by atoms with van der Waals surface area (Å²) in [6.45, 7) is -0.00821. The minimum Gasteiger partial charge on any atom is -0.496 e. The van der Waals surface area contributed by atoms with E-state index in [1.807, 2.05) is 0 Å². The zero-order valence-corrected chi connectivity index (χ0v) is 20.1. The maximum absolute atomic E-state index is 13.8. The van der Waals surface area contributed by atoms with Crippen LogP contribution in [-0.4, -0.2) is 26.3 Å². The van der Waals surface area contributed by atoms with Gasteiger partial charge in [0.05, 0.1) is 29.0 Å². The van der Waals surface area contributed by atoms with Crippen molar-refractivity contribution in [2.45, 2.75) is 6.61 Å². The van der Waals surface area contributed by atoms with Gasteiger partial charge in [-0.1, -0.05) is 29.8 Å². The van der Waals surface area contributed by atoms with E-state index >= 15 is 0 Å². The maximum atomic E-state index is 13.8. The van der Waals surface area contributed by atoms with Crippen molar-refractivity contribution < 1.29 is 23.4 Å². The van der Waals surface area contributed by atoms with Crippen LogP contribution < -0.4 is 19.6 Å². The average Bonchev–Trinajstić information content (AvgIpc) is 2.79. The first kappa shape index (κ1) is 23.8. The molecular formula is C23H19ClFIN2O4. The lowest BCUT2D eigenvalue weighted by molar-refractivity contribution is 0.0954. The molecule has 3 rings (SSSR count). The Morgan fingerprint density at radius 1 is 1.12 bits per heavy atom. The number of carbonyl (C=O) groups is 1. The molecule has 0 spiro atoms. The molecule has 0 aliphatic rings. The lowest BCUT2D eigenvalue weighted by atomic mass is 10.2. The Bertz CT molecular complexity index is 1160. The summed E-state index contributed by atoms with van der Waals surface area (Å²) in [6, 6.07) is 14.7. The second-order valence-corrected chi connectivity index (χ2v) is 8.03. The predicted molar refractivity (Wildman–Crippen MR) is 130 cm³/mol. The van der Waals surface area contributed by atoms with Crippen molar-refractivity contribution in [3.63, 3.8) is 0 Å². The van der Waals surface area contributed by atoms with Crippen molar-refractivity contribution in [1.82, 2.24) is 5.43 Å². The zero-order valence-electron chi connectivity index (χ0n) is 17.2. The number of hydrazone groups is 1. The van der Waals surface area contributed by atoms with E-state index in [4.69, 9.17) is 25.8 Å². The van der Waals surface area contributed by atoms with Crippen LogP contribution in [-0.2, 0) is 6.61 Å². The Balaban J connectivity index is 1.70. The molecule has 32 heavy (non-hydrogen) atoms. The highest BCUT2D eigenvalue weighted by molar-refractivity contribution is 14.1. The summed E-state index contributed by atoms with van der Waals surface area (Å²) in [5.74, 6) is 0.477. The van der Waals surface area contributed by atoms with E-state index in [-0.39, 0.29) is 29.1 Å². The van der Waals surface area contributed by atoms with Crippen LogP contribution in [0.4, 0.5) is 4.39 Å². The van der Waals surface area contributed by atoms with Gasteiger partial charge < -0.3 is 14.2 Å². The number of hydrogen-bond acceptors (Lipinski definition) is 5. The molecule has 6 nitrogen and oxygen atoms in total. The van der Waals surface area contributed by atoms with Crippen molar-refractivity contribution in [2.75, 3.05) is 14.2 Å². The van der Waals surface area contributed by atoms with E-state index in [1.54, 1.807) is 48.5 Å². The van der Waals surface area contributed by atoms with Gasteiger partial charge >= 0.3 is 0 Å².